The fourth-order valence-corrected chi connectivity index (χ4v) is 1.43. The van der Waals surface area contributed by atoms with E-state index in [1.807, 2.05) is 0 Å². The van der Waals surface area contributed by atoms with Gasteiger partial charge in [-0.1, -0.05) is 0 Å². The summed E-state index contributed by atoms with van der Waals surface area (Å²) in [5.41, 5.74) is 0.376. The van der Waals surface area contributed by atoms with Crippen LogP contribution < -0.4 is 5.56 Å². The number of aryl methyl sites for hydroxylation is 1. The predicted molar refractivity (Wildman–Crippen MR) is 65.8 cm³/mol. The fraction of sp³-hybridized carbons (Fsp3) is 0.200. The summed E-state index contributed by atoms with van der Waals surface area (Å²) in [6, 6.07) is 3.37. The molecule has 0 aliphatic carbocycles. The van der Waals surface area contributed by atoms with Crippen LogP contribution in [0.4, 0.5) is 0 Å². The first-order chi connectivity index (χ1) is 6.72. The van der Waals surface area contributed by atoms with Crippen LogP contribution >= 0.6 is 24.8 Å². The van der Waals surface area contributed by atoms with E-state index in [4.69, 9.17) is 4.42 Å². The van der Waals surface area contributed by atoms with Crippen LogP contribution in [0.25, 0.3) is 11.0 Å². The van der Waals surface area contributed by atoms with Crippen molar-refractivity contribution in [3.05, 3.63) is 34.4 Å². The van der Waals surface area contributed by atoms with Gasteiger partial charge in [0.2, 0.25) is 0 Å². The first kappa shape index (κ1) is 14.7. The Morgan fingerprint density at radius 1 is 1.44 bits per heavy atom. The molecule has 0 saturated heterocycles. The van der Waals surface area contributed by atoms with Crippen LogP contribution in [0.15, 0.2) is 27.5 Å². The second kappa shape index (κ2) is 5.72. The lowest BCUT2D eigenvalue weighted by Crippen LogP contribution is -2.19. The Hall–Kier alpha value is -1.26. The molecule has 16 heavy (non-hydrogen) atoms. The fourth-order valence-electron chi connectivity index (χ4n) is 1.43. The summed E-state index contributed by atoms with van der Waals surface area (Å²) in [6.45, 7) is 1.86. The van der Waals surface area contributed by atoms with Crippen molar-refractivity contribution in [1.82, 2.24) is 4.57 Å². The van der Waals surface area contributed by atoms with Crippen LogP contribution in [0.2, 0.25) is 0 Å². The minimum atomic E-state index is -0.188. The molecule has 0 amide bonds. The Kier molecular flexibility index (Phi) is 5.27. The standard InChI is InChI=1S/C10H9NO3.2ClH/c1-7-6-8-9(14-7)2-3-11(4-5-12)10(8)13;;/h2-3,5-6H,4H2,1H3;2*1H. The molecule has 2 aromatic heterocycles. The number of carbonyl (C=O) groups is 1. The maximum Gasteiger partial charge on any atom is 0.262 e. The van der Waals surface area contributed by atoms with Gasteiger partial charge in [-0.3, -0.25) is 4.79 Å². The van der Waals surface area contributed by atoms with Gasteiger partial charge in [0.05, 0.1) is 11.9 Å². The Morgan fingerprint density at radius 2 is 2.12 bits per heavy atom. The van der Waals surface area contributed by atoms with E-state index in [0.29, 0.717) is 23.0 Å². The topological polar surface area (TPSA) is 52.2 Å². The van der Waals surface area contributed by atoms with Crippen molar-refractivity contribution in [3.63, 3.8) is 0 Å². The molecule has 0 N–H and O–H groups in total. The van der Waals surface area contributed by atoms with Crippen molar-refractivity contribution in [3.8, 4) is 0 Å². The highest BCUT2D eigenvalue weighted by atomic mass is 35.5. The monoisotopic (exact) mass is 263 g/mol. The first-order valence-electron chi connectivity index (χ1n) is 4.25. The van der Waals surface area contributed by atoms with Crippen molar-refractivity contribution in [2.45, 2.75) is 13.5 Å². The lowest BCUT2D eigenvalue weighted by molar-refractivity contribution is -0.108. The van der Waals surface area contributed by atoms with Crippen molar-refractivity contribution in [2.24, 2.45) is 0 Å². The van der Waals surface area contributed by atoms with Gasteiger partial charge in [0, 0.05) is 6.20 Å². The van der Waals surface area contributed by atoms with Gasteiger partial charge in [0.15, 0.2) is 0 Å². The molecule has 0 saturated carbocycles. The molecule has 0 radical (unpaired) electrons. The second-order valence-electron chi connectivity index (χ2n) is 3.07. The summed E-state index contributed by atoms with van der Waals surface area (Å²) in [4.78, 5) is 22.0. The summed E-state index contributed by atoms with van der Waals surface area (Å²) in [5.74, 6) is 0.695. The lowest BCUT2D eigenvalue weighted by Gasteiger charge is -1.98. The molecule has 2 heterocycles. The molecule has 0 aliphatic rings. The third kappa shape index (κ3) is 2.46. The zero-order valence-electron chi connectivity index (χ0n) is 8.50. The highest BCUT2D eigenvalue weighted by Gasteiger charge is 2.06. The van der Waals surface area contributed by atoms with E-state index >= 15 is 0 Å². The number of furan rings is 1. The van der Waals surface area contributed by atoms with Gasteiger partial charge < -0.3 is 13.8 Å². The Balaban J connectivity index is 0.00000112. The van der Waals surface area contributed by atoms with Gasteiger partial charge >= 0.3 is 0 Å². The number of aldehydes is 1. The number of hydrogen-bond donors (Lipinski definition) is 0. The number of carbonyl (C=O) groups excluding carboxylic acids is 1. The number of hydrogen-bond acceptors (Lipinski definition) is 3. The van der Waals surface area contributed by atoms with E-state index in [9.17, 15) is 9.59 Å². The van der Waals surface area contributed by atoms with E-state index < -0.39 is 0 Å². The summed E-state index contributed by atoms with van der Waals surface area (Å²) in [6.07, 6.45) is 2.25. The Bertz CT molecular complexity index is 544. The summed E-state index contributed by atoms with van der Waals surface area (Å²) >= 11 is 0. The van der Waals surface area contributed by atoms with E-state index in [1.165, 1.54) is 4.57 Å². The third-order valence-electron chi connectivity index (χ3n) is 2.05. The molecule has 88 valence electrons. The second-order valence-corrected chi connectivity index (χ2v) is 3.07. The van der Waals surface area contributed by atoms with Gasteiger partial charge in [-0.05, 0) is 19.1 Å². The van der Waals surface area contributed by atoms with Crippen LogP contribution in [0, 0.1) is 6.92 Å². The summed E-state index contributed by atoms with van der Waals surface area (Å²) in [5, 5.41) is 0.520. The normalized spacial score (nSPS) is 9.31. The maximum atomic E-state index is 11.7. The van der Waals surface area contributed by atoms with Crippen molar-refractivity contribution < 1.29 is 9.21 Å². The average Bonchev–Trinajstić information content (AvgIpc) is 2.52. The molecule has 0 atom stereocenters. The first-order valence-corrected chi connectivity index (χ1v) is 4.25. The van der Waals surface area contributed by atoms with Crippen molar-refractivity contribution >= 4 is 42.1 Å². The van der Waals surface area contributed by atoms with E-state index in [-0.39, 0.29) is 36.9 Å². The largest absolute Gasteiger partial charge is 0.461 e. The predicted octanol–water partition coefficient (Wildman–Crippen LogP) is 1.95. The molecular weight excluding hydrogens is 253 g/mol. The number of halogens is 2. The van der Waals surface area contributed by atoms with E-state index in [1.54, 1.807) is 25.3 Å². The molecule has 0 aliphatic heterocycles. The quantitative estimate of drug-likeness (QED) is 0.779. The van der Waals surface area contributed by atoms with Crippen LogP contribution in [0.1, 0.15) is 5.76 Å². The molecule has 6 heteroatoms. The molecular formula is C10H11Cl2NO3. The molecule has 0 aromatic carbocycles. The number of aromatic nitrogens is 1. The molecule has 0 fully saturated rings. The average molecular weight is 264 g/mol. The highest BCUT2D eigenvalue weighted by molar-refractivity contribution is 5.85. The van der Waals surface area contributed by atoms with Crippen LogP contribution in [-0.2, 0) is 11.3 Å². The minimum absolute atomic E-state index is 0. The Morgan fingerprint density at radius 3 is 2.75 bits per heavy atom. The molecule has 0 bridgehead atoms. The summed E-state index contributed by atoms with van der Waals surface area (Å²) in [7, 11) is 0. The van der Waals surface area contributed by atoms with E-state index in [0.717, 1.165) is 0 Å². The molecule has 0 unspecified atom stereocenters. The zero-order chi connectivity index (χ0) is 10.1. The van der Waals surface area contributed by atoms with Crippen LogP contribution in [0.5, 0.6) is 0 Å². The number of rotatable bonds is 2. The van der Waals surface area contributed by atoms with Gasteiger partial charge in [-0.2, -0.15) is 0 Å². The van der Waals surface area contributed by atoms with Crippen LogP contribution in [0.3, 0.4) is 0 Å². The smallest absolute Gasteiger partial charge is 0.262 e. The molecule has 0 spiro atoms. The Labute approximate surface area is 104 Å². The van der Waals surface area contributed by atoms with Gasteiger partial charge in [-0.15, -0.1) is 24.8 Å². The van der Waals surface area contributed by atoms with E-state index in [2.05, 4.69) is 0 Å². The maximum absolute atomic E-state index is 11.7. The van der Waals surface area contributed by atoms with Gasteiger partial charge in [0.1, 0.15) is 17.6 Å². The molecule has 2 aromatic rings. The van der Waals surface area contributed by atoms with Crippen molar-refractivity contribution in [1.29, 1.82) is 0 Å². The van der Waals surface area contributed by atoms with Gasteiger partial charge in [0.25, 0.3) is 5.56 Å². The molecule has 2 rings (SSSR count). The number of pyridine rings is 1. The van der Waals surface area contributed by atoms with Crippen molar-refractivity contribution in [2.75, 3.05) is 0 Å². The lowest BCUT2D eigenvalue weighted by atomic mass is 10.3. The van der Waals surface area contributed by atoms with Gasteiger partial charge in [-0.25, -0.2) is 0 Å². The number of fused-ring (bicyclic) bond motifs is 1. The SMILES string of the molecule is Cc1cc2c(=O)n(CC=O)ccc2o1.Cl.Cl. The number of nitrogens with zero attached hydrogens (tertiary/aromatic N) is 1. The molecule has 4 nitrogen and oxygen atoms in total. The summed E-state index contributed by atoms with van der Waals surface area (Å²) < 4.78 is 6.63. The minimum Gasteiger partial charge on any atom is -0.461 e. The third-order valence-corrected chi connectivity index (χ3v) is 2.05. The van der Waals surface area contributed by atoms with Crippen LogP contribution in [-0.4, -0.2) is 10.9 Å². The zero-order valence-corrected chi connectivity index (χ0v) is 10.1. The highest BCUT2D eigenvalue weighted by Crippen LogP contribution is 2.14.